The number of carbonyl (C=O) groups excluding carboxylic acids is 1. The fraction of sp³-hybridized carbons (Fsp3) is 0.588. The molecule has 0 radical (unpaired) electrons. The zero-order chi connectivity index (χ0) is 16.0. The third-order valence-electron chi connectivity index (χ3n) is 3.48. The predicted octanol–water partition coefficient (Wildman–Crippen LogP) is 2.68. The molecule has 0 aromatic heterocycles. The molecule has 1 aromatic carbocycles. The van der Waals surface area contributed by atoms with Crippen LogP contribution in [0.3, 0.4) is 0 Å². The zero-order valence-corrected chi connectivity index (χ0v) is 14.7. The lowest BCUT2D eigenvalue weighted by molar-refractivity contribution is -0.121. The Balaban J connectivity index is 0.00000441. The molecular formula is C17H29ClN2O2. The third kappa shape index (κ3) is 7.25. The smallest absolute Gasteiger partial charge is 0.220 e. The minimum absolute atomic E-state index is 0. The fourth-order valence-electron chi connectivity index (χ4n) is 1.98. The second kappa shape index (κ2) is 9.13. The Bertz CT molecular complexity index is 453. The average Bonchev–Trinajstić information content (AvgIpc) is 2.41. The second-order valence-electron chi connectivity index (χ2n) is 6.71. The summed E-state index contributed by atoms with van der Waals surface area (Å²) in [5.41, 5.74) is 7.74. The minimum Gasteiger partial charge on any atom is -0.387 e. The highest BCUT2D eigenvalue weighted by Crippen LogP contribution is 2.23. The van der Waals surface area contributed by atoms with Crippen molar-refractivity contribution < 1.29 is 9.90 Å². The van der Waals surface area contributed by atoms with Crippen LogP contribution in [0.5, 0.6) is 0 Å². The molecule has 1 rings (SSSR count). The maximum Gasteiger partial charge on any atom is 0.220 e. The van der Waals surface area contributed by atoms with Gasteiger partial charge in [-0.15, -0.1) is 12.4 Å². The van der Waals surface area contributed by atoms with E-state index < -0.39 is 6.10 Å². The van der Waals surface area contributed by atoms with E-state index in [1.165, 1.54) is 5.56 Å². The van der Waals surface area contributed by atoms with Crippen molar-refractivity contribution in [1.82, 2.24) is 5.32 Å². The van der Waals surface area contributed by atoms with Gasteiger partial charge >= 0.3 is 0 Å². The van der Waals surface area contributed by atoms with Gasteiger partial charge in [-0.25, -0.2) is 0 Å². The highest BCUT2D eigenvalue weighted by atomic mass is 35.5. The van der Waals surface area contributed by atoms with Gasteiger partial charge in [0.15, 0.2) is 0 Å². The van der Waals surface area contributed by atoms with Gasteiger partial charge in [0, 0.05) is 19.0 Å². The van der Waals surface area contributed by atoms with Crippen molar-refractivity contribution in [1.29, 1.82) is 0 Å². The number of halogens is 1. The first kappa shape index (κ1) is 20.9. The van der Waals surface area contributed by atoms with E-state index in [9.17, 15) is 9.90 Å². The predicted molar refractivity (Wildman–Crippen MR) is 93.2 cm³/mol. The second-order valence-corrected chi connectivity index (χ2v) is 6.71. The number of hydrogen-bond donors (Lipinski definition) is 3. The summed E-state index contributed by atoms with van der Waals surface area (Å²) in [5, 5.41) is 12.8. The van der Waals surface area contributed by atoms with Crippen LogP contribution in [0.25, 0.3) is 0 Å². The molecular weight excluding hydrogens is 300 g/mol. The van der Waals surface area contributed by atoms with E-state index in [-0.39, 0.29) is 36.3 Å². The maximum absolute atomic E-state index is 11.6. The Hall–Kier alpha value is -1.10. The largest absolute Gasteiger partial charge is 0.387 e. The van der Waals surface area contributed by atoms with Crippen LogP contribution in [0, 0.1) is 0 Å². The van der Waals surface area contributed by atoms with Gasteiger partial charge in [0.05, 0.1) is 6.10 Å². The van der Waals surface area contributed by atoms with E-state index >= 15 is 0 Å². The number of aliphatic hydroxyl groups excluding tert-OH is 1. The van der Waals surface area contributed by atoms with Gasteiger partial charge in [0.25, 0.3) is 0 Å². The highest BCUT2D eigenvalue weighted by molar-refractivity contribution is 5.85. The van der Waals surface area contributed by atoms with Crippen molar-refractivity contribution in [3.63, 3.8) is 0 Å². The first-order chi connectivity index (χ1) is 9.70. The van der Waals surface area contributed by atoms with Crippen LogP contribution in [0.4, 0.5) is 0 Å². The van der Waals surface area contributed by atoms with E-state index in [4.69, 9.17) is 5.73 Å². The van der Waals surface area contributed by atoms with Crippen LogP contribution in [0.2, 0.25) is 0 Å². The highest BCUT2D eigenvalue weighted by Gasteiger charge is 2.15. The summed E-state index contributed by atoms with van der Waals surface area (Å²) in [6.45, 7) is 8.55. The molecule has 0 fully saturated rings. The van der Waals surface area contributed by atoms with Crippen molar-refractivity contribution in [2.24, 2.45) is 5.73 Å². The summed E-state index contributed by atoms with van der Waals surface area (Å²) in [7, 11) is 0. The number of nitrogens with two attached hydrogens (primary N) is 1. The molecule has 126 valence electrons. The van der Waals surface area contributed by atoms with E-state index in [1.807, 2.05) is 31.2 Å². The molecule has 4 N–H and O–H groups in total. The quantitative estimate of drug-likeness (QED) is 0.751. The van der Waals surface area contributed by atoms with Crippen molar-refractivity contribution >= 4 is 18.3 Å². The lowest BCUT2D eigenvalue weighted by atomic mass is 9.86. The van der Waals surface area contributed by atoms with Gasteiger partial charge in [-0.2, -0.15) is 0 Å². The van der Waals surface area contributed by atoms with Crippen molar-refractivity contribution in [2.45, 2.75) is 58.1 Å². The Labute approximate surface area is 139 Å². The van der Waals surface area contributed by atoms with Crippen LogP contribution in [-0.2, 0) is 10.2 Å². The molecule has 1 amide bonds. The Morgan fingerprint density at radius 1 is 1.27 bits per heavy atom. The van der Waals surface area contributed by atoms with Crippen LogP contribution in [0.1, 0.15) is 57.8 Å². The summed E-state index contributed by atoms with van der Waals surface area (Å²) in [5.74, 6) is -0.0716. The first-order valence-electron chi connectivity index (χ1n) is 7.51. The number of aliphatic hydroxyl groups is 1. The number of rotatable bonds is 6. The number of benzene rings is 1. The molecule has 0 aliphatic heterocycles. The zero-order valence-electron chi connectivity index (χ0n) is 13.9. The molecule has 0 saturated carbocycles. The lowest BCUT2D eigenvalue weighted by Gasteiger charge is -2.20. The molecule has 4 nitrogen and oxygen atoms in total. The molecule has 0 saturated heterocycles. The molecule has 0 heterocycles. The molecule has 2 unspecified atom stereocenters. The molecule has 22 heavy (non-hydrogen) atoms. The summed E-state index contributed by atoms with van der Waals surface area (Å²) < 4.78 is 0. The van der Waals surface area contributed by atoms with Gasteiger partial charge in [0.1, 0.15) is 0 Å². The Kier molecular flexibility index (Phi) is 8.68. The van der Waals surface area contributed by atoms with E-state index in [1.54, 1.807) is 0 Å². The number of nitrogens with one attached hydrogen (secondary N) is 1. The van der Waals surface area contributed by atoms with E-state index in [0.717, 1.165) is 5.56 Å². The average molecular weight is 329 g/mol. The standard InChI is InChI=1S/C17H28N2O2.ClH/c1-12(18)5-10-16(21)19-11-15(20)13-6-8-14(9-7-13)17(2,3)4;/h6-9,12,15,20H,5,10-11,18H2,1-4H3,(H,19,21);1H. The van der Waals surface area contributed by atoms with E-state index in [0.29, 0.717) is 12.8 Å². The number of amides is 1. The van der Waals surface area contributed by atoms with Crippen LogP contribution in [0.15, 0.2) is 24.3 Å². The molecule has 0 aliphatic rings. The van der Waals surface area contributed by atoms with E-state index in [2.05, 4.69) is 26.1 Å². The molecule has 1 aromatic rings. The van der Waals surface area contributed by atoms with Gasteiger partial charge in [-0.1, -0.05) is 45.0 Å². The summed E-state index contributed by atoms with van der Waals surface area (Å²) in [4.78, 5) is 11.6. The molecule has 5 heteroatoms. The minimum atomic E-state index is -0.682. The van der Waals surface area contributed by atoms with Gasteiger partial charge in [-0.05, 0) is 29.9 Å². The van der Waals surface area contributed by atoms with Gasteiger partial charge in [-0.3, -0.25) is 4.79 Å². The number of hydrogen-bond acceptors (Lipinski definition) is 3. The van der Waals surface area contributed by atoms with Crippen molar-refractivity contribution in [3.05, 3.63) is 35.4 Å². The fourth-order valence-corrected chi connectivity index (χ4v) is 1.98. The Morgan fingerprint density at radius 2 is 1.82 bits per heavy atom. The topological polar surface area (TPSA) is 75.4 Å². The SMILES string of the molecule is CC(N)CCC(=O)NCC(O)c1ccc(C(C)(C)C)cc1.Cl. The summed E-state index contributed by atoms with van der Waals surface area (Å²) in [6, 6.07) is 7.90. The molecule has 0 bridgehead atoms. The summed E-state index contributed by atoms with van der Waals surface area (Å²) in [6.07, 6.45) is 0.369. The molecule has 2 atom stereocenters. The maximum atomic E-state index is 11.6. The Morgan fingerprint density at radius 3 is 2.27 bits per heavy atom. The molecule has 0 spiro atoms. The van der Waals surface area contributed by atoms with Gasteiger partial charge < -0.3 is 16.2 Å². The van der Waals surface area contributed by atoms with Crippen LogP contribution >= 0.6 is 12.4 Å². The van der Waals surface area contributed by atoms with Crippen LogP contribution in [-0.4, -0.2) is 23.6 Å². The van der Waals surface area contributed by atoms with Crippen molar-refractivity contribution in [2.75, 3.05) is 6.54 Å². The third-order valence-corrected chi connectivity index (χ3v) is 3.48. The lowest BCUT2D eigenvalue weighted by Crippen LogP contribution is -2.29. The normalized spacial score (nSPS) is 13.9. The first-order valence-corrected chi connectivity index (χ1v) is 7.51. The molecule has 0 aliphatic carbocycles. The van der Waals surface area contributed by atoms with Gasteiger partial charge in [0.2, 0.25) is 5.91 Å². The summed E-state index contributed by atoms with van der Waals surface area (Å²) >= 11 is 0. The van der Waals surface area contributed by atoms with Crippen molar-refractivity contribution in [3.8, 4) is 0 Å². The number of carbonyl (C=O) groups is 1. The monoisotopic (exact) mass is 328 g/mol. The van der Waals surface area contributed by atoms with Crippen LogP contribution < -0.4 is 11.1 Å².